The molecule has 1 heterocycles. The Labute approximate surface area is 131 Å². The molecule has 0 aliphatic carbocycles. The summed E-state index contributed by atoms with van der Waals surface area (Å²) in [4.78, 5) is 1.37. The average molecular weight is 361 g/mol. The maximum absolute atomic E-state index is 3.57. The van der Waals surface area contributed by atoms with Gasteiger partial charge in [-0.1, -0.05) is 0 Å². The Kier molecular flexibility index (Phi) is 4.10. The Hall–Kier alpha value is -0.911. The standard InChI is InChI=1S/C17H15PSSe/c1-14-12-17(13-19-14)18(20,15-8-4-2-5-9-15)16-10-6-3-7-11-16/h2-13H,1H3. The predicted octanol–water partition coefficient (Wildman–Crippen LogP) is 3.43. The minimum absolute atomic E-state index is 1.37. The van der Waals surface area contributed by atoms with Crippen LogP contribution in [0.15, 0.2) is 72.1 Å². The van der Waals surface area contributed by atoms with Gasteiger partial charge in [-0.05, 0) is 0 Å². The quantitative estimate of drug-likeness (QED) is 0.495. The molecule has 100 valence electrons. The van der Waals surface area contributed by atoms with E-state index in [2.05, 4.69) is 94.1 Å². The summed E-state index contributed by atoms with van der Waals surface area (Å²) in [5, 5.41) is 6.52. The van der Waals surface area contributed by atoms with Gasteiger partial charge in [-0.3, -0.25) is 0 Å². The predicted molar refractivity (Wildman–Crippen MR) is 93.5 cm³/mol. The fraction of sp³-hybridized carbons (Fsp3) is 0.0588. The van der Waals surface area contributed by atoms with Crippen LogP contribution in [-0.2, 0) is 0 Å². The Morgan fingerprint density at radius 1 is 0.800 bits per heavy atom. The normalized spacial score (nSPS) is 11.4. The molecule has 0 unspecified atom stereocenters. The Balaban J connectivity index is 2.26. The van der Waals surface area contributed by atoms with Crippen molar-refractivity contribution in [2.75, 3.05) is 0 Å². The molecule has 3 heteroatoms. The average Bonchev–Trinajstić information content (AvgIpc) is 2.95. The van der Waals surface area contributed by atoms with E-state index in [1.807, 2.05) is 11.3 Å². The zero-order valence-electron chi connectivity index (χ0n) is 11.2. The molecule has 0 saturated carbocycles. The molecule has 0 aliphatic heterocycles. The van der Waals surface area contributed by atoms with Gasteiger partial charge in [0, 0.05) is 0 Å². The molecular formula is C17H15PSSe. The summed E-state index contributed by atoms with van der Waals surface area (Å²) < 4.78 is 0. The second kappa shape index (κ2) is 5.84. The van der Waals surface area contributed by atoms with Crippen molar-refractivity contribution < 1.29 is 0 Å². The molecule has 0 bridgehead atoms. The van der Waals surface area contributed by atoms with Crippen LogP contribution in [0, 0.1) is 6.92 Å². The molecule has 0 fully saturated rings. The van der Waals surface area contributed by atoms with Crippen LogP contribution in [0.1, 0.15) is 4.88 Å². The van der Waals surface area contributed by atoms with Gasteiger partial charge in [0.1, 0.15) is 0 Å². The third kappa shape index (κ3) is 2.50. The Morgan fingerprint density at radius 2 is 1.30 bits per heavy atom. The summed E-state index contributed by atoms with van der Waals surface area (Å²) in [7, 11) is 0. The first kappa shape index (κ1) is 14.0. The first-order chi connectivity index (χ1) is 9.71. The third-order valence-corrected chi connectivity index (χ3v) is 11.4. The van der Waals surface area contributed by atoms with Gasteiger partial charge in [-0.2, -0.15) is 0 Å². The summed E-state index contributed by atoms with van der Waals surface area (Å²) in [6.45, 7) is 2.18. The van der Waals surface area contributed by atoms with E-state index in [-0.39, 0.29) is 0 Å². The number of hydrogen-bond donors (Lipinski definition) is 0. The number of hydrogen-bond acceptors (Lipinski definition) is 1. The third-order valence-electron chi connectivity index (χ3n) is 3.32. The molecule has 0 amide bonds. The van der Waals surface area contributed by atoms with Crippen molar-refractivity contribution in [1.82, 2.24) is 0 Å². The van der Waals surface area contributed by atoms with Gasteiger partial charge in [0.15, 0.2) is 0 Å². The van der Waals surface area contributed by atoms with Crippen LogP contribution in [-0.4, -0.2) is 15.1 Å². The van der Waals surface area contributed by atoms with Crippen molar-refractivity contribution in [3.05, 3.63) is 77.0 Å². The van der Waals surface area contributed by atoms with Gasteiger partial charge in [0.2, 0.25) is 0 Å². The minimum atomic E-state index is -1.62. The summed E-state index contributed by atoms with van der Waals surface area (Å²) >= 11 is 5.40. The second-order valence-corrected chi connectivity index (χ2v) is 12.0. The van der Waals surface area contributed by atoms with E-state index in [0.717, 1.165) is 0 Å². The topological polar surface area (TPSA) is 0 Å². The molecule has 20 heavy (non-hydrogen) atoms. The van der Waals surface area contributed by atoms with Crippen molar-refractivity contribution >= 4 is 47.9 Å². The molecule has 0 saturated heterocycles. The molecular weight excluding hydrogens is 346 g/mol. The zero-order chi connectivity index (χ0) is 14.0. The van der Waals surface area contributed by atoms with Crippen molar-refractivity contribution in [2.45, 2.75) is 6.92 Å². The molecule has 0 aliphatic rings. The van der Waals surface area contributed by atoms with Crippen LogP contribution in [0.2, 0.25) is 0 Å². The van der Waals surface area contributed by atoms with E-state index in [0.29, 0.717) is 0 Å². The molecule has 0 atom stereocenters. The van der Waals surface area contributed by atoms with E-state index >= 15 is 0 Å². The van der Waals surface area contributed by atoms with Gasteiger partial charge >= 0.3 is 132 Å². The monoisotopic (exact) mass is 362 g/mol. The molecule has 3 rings (SSSR count). The number of rotatable bonds is 3. The van der Waals surface area contributed by atoms with Crippen LogP contribution >= 0.6 is 16.8 Å². The van der Waals surface area contributed by atoms with Crippen LogP contribution < -0.4 is 15.9 Å². The van der Waals surface area contributed by atoms with Crippen LogP contribution in [0.25, 0.3) is 0 Å². The molecule has 0 N–H and O–H groups in total. The van der Waals surface area contributed by atoms with Gasteiger partial charge in [0.25, 0.3) is 0 Å². The second-order valence-electron chi connectivity index (χ2n) is 4.70. The van der Waals surface area contributed by atoms with E-state index in [1.165, 1.54) is 20.8 Å². The van der Waals surface area contributed by atoms with Crippen LogP contribution in [0.4, 0.5) is 0 Å². The van der Waals surface area contributed by atoms with Gasteiger partial charge in [-0.25, -0.2) is 0 Å². The van der Waals surface area contributed by atoms with Gasteiger partial charge in [0.05, 0.1) is 0 Å². The van der Waals surface area contributed by atoms with Crippen molar-refractivity contribution in [3.8, 4) is 0 Å². The summed E-state index contributed by atoms with van der Waals surface area (Å²) in [6, 6.07) is 24.0. The summed E-state index contributed by atoms with van der Waals surface area (Å²) in [6.07, 6.45) is 0. The Bertz CT molecular complexity index is 703. The molecule has 2 aromatic carbocycles. The van der Waals surface area contributed by atoms with Crippen molar-refractivity contribution in [3.63, 3.8) is 0 Å². The first-order valence-electron chi connectivity index (χ1n) is 6.48. The molecule has 1 aromatic heterocycles. The molecule has 0 nitrogen and oxygen atoms in total. The van der Waals surface area contributed by atoms with E-state index in [9.17, 15) is 0 Å². The molecule has 3 aromatic rings. The van der Waals surface area contributed by atoms with Gasteiger partial charge in [-0.15, -0.1) is 0 Å². The Morgan fingerprint density at radius 3 is 1.70 bits per heavy atom. The number of aryl methyl sites for hydroxylation is 1. The molecule has 0 spiro atoms. The first-order valence-corrected chi connectivity index (χ1v) is 11.4. The van der Waals surface area contributed by atoms with E-state index in [1.54, 1.807) is 0 Å². The van der Waals surface area contributed by atoms with Crippen LogP contribution in [0.3, 0.4) is 0 Å². The van der Waals surface area contributed by atoms with Crippen LogP contribution in [0.5, 0.6) is 0 Å². The van der Waals surface area contributed by atoms with Crippen molar-refractivity contribution in [1.29, 1.82) is 0 Å². The van der Waals surface area contributed by atoms with Gasteiger partial charge < -0.3 is 0 Å². The summed E-state index contributed by atoms with van der Waals surface area (Å²) in [5.74, 6) is 0. The number of thiophene rings is 1. The summed E-state index contributed by atoms with van der Waals surface area (Å²) in [5.41, 5.74) is -1.62. The molecule has 0 radical (unpaired) electrons. The fourth-order valence-corrected chi connectivity index (χ4v) is 8.86. The SMILES string of the molecule is Cc1cc(P(=[Se])(c2ccccc2)c2ccccc2)cs1. The van der Waals surface area contributed by atoms with E-state index in [4.69, 9.17) is 0 Å². The fourth-order valence-electron chi connectivity index (χ4n) is 2.32. The maximum atomic E-state index is 3.57. The van der Waals surface area contributed by atoms with E-state index < -0.39 is 5.51 Å². The van der Waals surface area contributed by atoms with Crippen molar-refractivity contribution in [2.24, 2.45) is 0 Å². The number of benzene rings is 2. The zero-order valence-corrected chi connectivity index (χ0v) is 14.6.